The third kappa shape index (κ3) is 2.34. The number of carbonyl (C=O) groups is 1. The highest BCUT2D eigenvalue weighted by Crippen LogP contribution is 2.21. The van der Waals surface area contributed by atoms with Crippen LogP contribution >= 0.6 is 11.6 Å². The van der Waals surface area contributed by atoms with E-state index in [1.807, 2.05) is 4.90 Å². The topological polar surface area (TPSA) is 98.2 Å². The summed E-state index contributed by atoms with van der Waals surface area (Å²) in [6.45, 7) is 2.19. The van der Waals surface area contributed by atoms with E-state index in [-0.39, 0.29) is 0 Å². The van der Waals surface area contributed by atoms with Crippen molar-refractivity contribution >= 4 is 34.8 Å². The summed E-state index contributed by atoms with van der Waals surface area (Å²) in [7, 11) is 0. The molecule has 0 spiro atoms. The Hall–Kier alpha value is -2.09. The number of H-pyrrole nitrogens is 1. The first kappa shape index (κ1) is 12.9. The minimum atomic E-state index is -0.894. The Kier molecular flexibility index (Phi) is 3.31. The third-order valence-electron chi connectivity index (χ3n) is 3.27. The van der Waals surface area contributed by atoms with Gasteiger partial charge in [0.25, 0.3) is 0 Å². The highest BCUT2D eigenvalue weighted by molar-refractivity contribution is 6.33. The van der Waals surface area contributed by atoms with Crippen LogP contribution in [0.15, 0.2) is 6.33 Å². The molecule has 0 bridgehead atoms. The summed E-state index contributed by atoms with van der Waals surface area (Å²) < 4.78 is 0. The fourth-order valence-corrected chi connectivity index (χ4v) is 2.45. The number of hydrogen-bond acceptors (Lipinski definition) is 5. The Bertz CT molecular complexity index is 645. The SMILES string of the molecule is O=C(O)N1CCCN(c2nc(Cl)c3nc[nH]c3n2)CC1. The van der Waals surface area contributed by atoms with Gasteiger partial charge in [0.2, 0.25) is 5.95 Å². The average Bonchev–Trinajstić information content (AvgIpc) is 2.74. The van der Waals surface area contributed by atoms with Crippen molar-refractivity contribution in [2.75, 3.05) is 31.1 Å². The van der Waals surface area contributed by atoms with E-state index in [0.717, 1.165) is 6.42 Å². The number of carboxylic acid groups (broad SMARTS) is 1. The number of imidazole rings is 1. The van der Waals surface area contributed by atoms with E-state index in [4.69, 9.17) is 16.7 Å². The lowest BCUT2D eigenvalue weighted by atomic mass is 10.4. The molecule has 3 rings (SSSR count). The minimum Gasteiger partial charge on any atom is -0.465 e. The fourth-order valence-electron chi connectivity index (χ4n) is 2.24. The molecule has 1 saturated heterocycles. The van der Waals surface area contributed by atoms with Gasteiger partial charge >= 0.3 is 6.09 Å². The zero-order valence-corrected chi connectivity index (χ0v) is 11.3. The van der Waals surface area contributed by atoms with E-state index in [9.17, 15) is 4.79 Å². The van der Waals surface area contributed by atoms with Crippen molar-refractivity contribution in [3.05, 3.63) is 11.5 Å². The molecule has 2 N–H and O–H groups in total. The first-order valence-electron chi connectivity index (χ1n) is 6.24. The lowest BCUT2D eigenvalue weighted by Crippen LogP contribution is -2.34. The first-order valence-corrected chi connectivity index (χ1v) is 6.62. The van der Waals surface area contributed by atoms with Crippen LogP contribution in [0, 0.1) is 0 Å². The summed E-state index contributed by atoms with van der Waals surface area (Å²) in [5.74, 6) is 0.499. The van der Waals surface area contributed by atoms with E-state index in [1.165, 1.54) is 11.2 Å². The second kappa shape index (κ2) is 5.12. The van der Waals surface area contributed by atoms with Gasteiger partial charge in [0, 0.05) is 26.2 Å². The molecule has 2 aromatic heterocycles. The maximum absolute atomic E-state index is 11.0. The number of aromatic nitrogens is 4. The van der Waals surface area contributed by atoms with Gasteiger partial charge in [-0.25, -0.2) is 9.78 Å². The molecular formula is C11H13ClN6O2. The zero-order valence-electron chi connectivity index (χ0n) is 10.6. The highest BCUT2D eigenvalue weighted by atomic mass is 35.5. The van der Waals surface area contributed by atoms with Crippen LogP contribution in [0.4, 0.5) is 10.7 Å². The smallest absolute Gasteiger partial charge is 0.407 e. The van der Waals surface area contributed by atoms with E-state index in [0.29, 0.717) is 48.4 Å². The fraction of sp³-hybridized carbons (Fsp3) is 0.455. The summed E-state index contributed by atoms with van der Waals surface area (Å²) >= 11 is 6.08. The average molecular weight is 297 g/mol. The summed E-state index contributed by atoms with van der Waals surface area (Å²) in [6.07, 6.45) is 1.35. The van der Waals surface area contributed by atoms with E-state index < -0.39 is 6.09 Å². The molecule has 9 heteroatoms. The number of hydrogen-bond donors (Lipinski definition) is 2. The van der Waals surface area contributed by atoms with Crippen molar-refractivity contribution < 1.29 is 9.90 Å². The molecule has 3 heterocycles. The molecule has 0 aliphatic carbocycles. The van der Waals surface area contributed by atoms with Crippen LogP contribution in [0.25, 0.3) is 11.2 Å². The van der Waals surface area contributed by atoms with Crippen LogP contribution in [0.3, 0.4) is 0 Å². The lowest BCUT2D eigenvalue weighted by molar-refractivity contribution is 0.148. The second-order valence-electron chi connectivity index (χ2n) is 4.52. The van der Waals surface area contributed by atoms with Crippen molar-refractivity contribution in [1.29, 1.82) is 0 Å². The molecule has 0 unspecified atom stereocenters. The van der Waals surface area contributed by atoms with Gasteiger partial charge in [-0.1, -0.05) is 11.6 Å². The molecule has 20 heavy (non-hydrogen) atoms. The van der Waals surface area contributed by atoms with E-state index in [1.54, 1.807) is 0 Å². The number of nitrogens with one attached hydrogen (secondary N) is 1. The molecule has 0 aromatic carbocycles. The normalized spacial score (nSPS) is 16.4. The number of halogens is 1. The summed E-state index contributed by atoms with van der Waals surface area (Å²) in [6, 6.07) is 0. The van der Waals surface area contributed by atoms with E-state index >= 15 is 0 Å². The Morgan fingerprint density at radius 1 is 1.30 bits per heavy atom. The number of fused-ring (bicyclic) bond motifs is 1. The quantitative estimate of drug-likeness (QED) is 0.767. The molecule has 1 aliphatic heterocycles. The van der Waals surface area contributed by atoms with Crippen molar-refractivity contribution in [2.24, 2.45) is 0 Å². The van der Waals surface area contributed by atoms with Gasteiger partial charge in [0.15, 0.2) is 10.8 Å². The molecule has 106 valence electrons. The Morgan fingerprint density at radius 2 is 2.15 bits per heavy atom. The van der Waals surface area contributed by atoms with Crippen LogP contribution < -0.4 is 4.90 Å². The lowest BCUT2D eigenvalue weighted by Gasteiger charge is -2.20. The zero-order chi connectivity index (χ0) is 14.1. The molecule has 2 aromatic rings. The predicted octanol–water partition coefficient (Wildman–Crippen LogP) is 1.20. The van der Waals surface area contributed by atoms with Crippen molar-refractivity contribution in [3.8, 4) is 0 Å². The molecule has 1 amide bonds. The van der Waals surface area contributed by atoms with Crippen LogP contribution in [0.2, 0.25) is 5.15 Å². The maximum Gasteiger partial charge on any atom is 0.407 e. The van der Waals surface area contributed by atoms with Crippen LogP contribution in [-0.2, 0) is 0 Å². The van der Waals surface area contributed by atoms with Gasteiger partial charge in [0.1, 0.15) is 5.52 Å². The Morgan fingerprint density at radius 3 is 2.95 bits per heavy atom. The summed E-state index contributed by atoms with van der Waals surface area (Å²) in [5, 5.41) is 9.32. The van der Waals surface area contributed by atoms with E-state index in [2.05, 4.69) is 19.9 Å². The Balaban J connectivity index is 1.85. The first-order chi connectivity index (χ1) is 9.65. The molecule has 0 radical (unpaired) electrons. The summed E-state index contributed by atoms with van der Waals surface area (Å²) in [4.78, 5) is 29.9. The molecule has 1 fully saturated rings. The van der Waals surface area contributed by atoms with Crippen LogP contribution in [0.5, 0.6) is 0 Å². The molecule has 1 aliphatic rings. The Labute approximate surface area is 119 Å². The number of aromatic amines is 1. The molecular weight excluding hydrogens is 284 g/mol. The van der Waals surface area contributed by atoms with Crippen molar-refractivity contribution in [1.82, 2.24) is 24.8 Å². The number of amides is 1. The molecule has 0 atom stereocenters. The number of anilines is 1. The largest absolute Gasteiger partial charge is 0.465 e. The highest BCUT2D eigenvalue weighted by Gasteiger charge is 2.21. The number of rotatable bonds is 1. The van der Waals surface area contributed by atoms with Gasteiger partial charge in [-0.2, -0.15) is 9.97 Å². The second-order valence-corrected chi connectivity index (χ2v) is 4.88. The van der Waals surface area contributed by atoms with Crippen LogP contribution in [-0.4, -0.2) is 62.2 Å². The van der Waals surface area contributed by atoms with Gasteiger partial charge in [-0.3, -0.25) is 0 Å². The maximum atomic E-state index is 11.0. The van der Waals surface area contributed by atoms with Gasteiger partial charge in [0.05, 0.1) is 6.33 Å². The van der Waals surface area contributed by atoms with Crippen LogP contribution in [0.1, 0.15) is 6.42 Å². The van der Waals surface area contributed by atoms with Gasteiger partial charge in [-0.05, 0) is 6.42 Å². The predicted molar refractivity (Wildman–Crippen MR) is 73.1 cm³/mol. The van der Waals surface area contributed by atoms with Gasteiger partial charge in [-0.15, -0.1) is 0 Å². The van der Waals surface area contributed by atoms with Crippen molar-refractivity contribution in [2.45, 2.75) is 6.42 Å². The standard InChI is InChI=1S/C11H13ClN6O2/c12-8-7-9(14-6-13-7)16-10(15-8)17-2-1-3-18(5-4-17)11(19)20/h6H,1-5H2,(H,19,20)(H,13,14,15,16). The monoisotopic (exact) mass is 296 g/mol. The number of nitrogens with zero attached hydrogens (tertiary/aromatic N) is 5. The summed E-state index contributed by atoms with van der Waals surface area (Å²) in [5.41, 5.74) is 1.12. The minimum absolute atomic E-state index is 0.297. The molecule has 8 nitrogen and oxygen atoms in total. The van der Waals surface area contributed by atoms with Gasteiger partial charge < -0.3 is 19.9 Å². The third-order valence-corrected chi connectivity index (χ3v) is 3.54. The van der Waals surface area contributed by atoms with Crippen molar-refractivity contribution in [3.63, 3.8) is 0 Å². The molecule has 0 saturated carbocycles.